The predicted octanol–water partition coefficient (Wildman–Crippen LogP) is -0.291. The summed E-state index contributed by atoms with van der Waals surface area (Å²) in [6.07, 6.45) is 1.77. The first-order valence-electron chi connectivity index (χ1n) is 4.58. The smallest absolute Gasteiger partial charge is 0.300 e. The second-order valence-corrected chi connectivity index (χ2v) is 5.06. The van der Waals surface area contributed by atoms with Gasteiger partial charge in [0.2, 0.25) is 0 Å². The highest BCUT2D eigenvalue weighted by Gasteiger charge is 2.27. The molecule has 0 amide bonds. The SMILES string of the molecule is Cc1[nH]nc(NS(=O)(=O)NC2CC2)c1N. The number of hydrogen-bond acceptors (Lipinski definition) is 4. The van der Waals surface area contributed by atoms with Crippen LogP contribution in [0.3, 0.4) is 0 Å². The van der Waals surface area contributed by atoms with Crippen molar-refractivity contribution in [3.05, 3.63) is 5.69 Å². The summed E-state index contributed by atoms with van der Waals surface area (Å²) in [6.45, 7) is 1.72. The van der Waals surface area contributed by atoms with Crippen LogP contribution in [-0.4, -0.2) is 24.7 Å². The van der Waals surface area contributed by atoms with Gasteiger partial charge in [-0.2, -0.15) is 18.2 Å². The molecule has 0 aliphatic heterocycles. The van der Waals surface area contributed by atoms with Crippen LogP contribution >= 0.6 is 0 Å². The van der Waals surface area contributed by atoms with Gasteiger partial charge in [-0.15, -0.1) is 0 Å². The number of H-pyrrole nitrogens is 1. The minimum Gasteiger partial charge on any atom is -0.394 e. The zero-order chi connectivity index (χ0) is 11.1. The summed E-state index contributed by atoms with van der Waals surface area (Å²) >= 11 is 0. The molecule has 0 spiro atoms. The van der Waals surface area contributed by atoms with E-state index >= 15 is 0 Å². The van der Waals surface area contributed by atoms with Crippen molar-refractivity contribution >= 4 is 21.7 Å². The predicted molar refractivity (Wildman–Crippen MR) is 56.4 cm³/mol. The lowest BCUT2D eigenvalue weighted by atomic mass is 10.4. The lowest BCUT2D eigenvalue weighted by Gasteiger charge is -2.06. The quantitative estimate of drug-likeness (QED) is 0.570. The summed E-state index contributed by atoms with van der Waals surface area (Å²) in [4.78, 5) is 0. The molecule has 1 heterocycles. The molecule has 1 aliphatic rings. The van der Waals surface area contributed by atoms with E-state index in [2.05, 4.69) is 19.6 Å². The van der Waals surface area contributed by atoms with Gasteiger partial charge < -0.3 is 5.73 Å². The van der Waals surface area contributed by atoms with Crippen molar-refractivity contribution in [3.8, 4) is 0 Å². The largest absolute Gasteiger partial charge is 0.394 e. The van der Waals surface area contributed by atoms with Gasteiger partial charge in [-0.25, -0.2) is 0 Å². The second kappa shape index (κ2) is 3.38. The summed E-state index contributed by atoms with van der Waals surface area (Å²) in [5.74, 6) is 0.139. The van der Waals surface area contributed by atoms with E-state index in [0.717, 1.165) is 12.8 Å². The normalized spacial score (nSPS) is 16.6. The molecule has 0 bridgehead atoms. The fraction of sp³-hybridized carbons (Fsp3) is 0.571. The first-order valence-corrected chi connectivity index (χ1v) is 6.07. The van der Waals surface area contributed by atoms with Crippen LogP contribution < -0.4 is 15.2 Å². The molecule has 84 valence electrons. The van der Waals surface area contributed by atoms with E-state index < -0.39 is 10.2 Å². The van der Waals surface area contributed by atoms with Crippen LogP contribution in [0.2, 0.25) is 0 Å². The van der Waals surface area contributed by atoms with Gasteiger partial charge in [-0.3, -0.25) is 9.82 Å². The molecule has 1 aromatic heterocycles. The Morgan fingerprint density at radius 2 is 2.20 bits per heavy atom. The molecular formula is C7H13N5O2S. The summed E-state index contributed by atoms with van der Waals surface area (Å²) < 4.78 is 27.7. The van der Waals surface area contributed by atoms with Gasteiger partial charge in [0.15, 0.2) is 5.82 Å². The van der Waals surface area contributed by atoms with E-state index in [0.29, 0.717) is 11.4 Å². The number of hydrogen-bond donors (Lipinski definition) is 4. The van der Waals surface area contributed by atoms with Crippen LogP contribution in [0.1, 0.15) is 18.5 Å². The zero-order valence-corrected chi connectivity index (χ0v) is 9.06. The number of nitrogens with zero attached hydrogens (tertiary/aromatic N) is 1. The van der Waals surface area contributed by atoms with Gasteiger partial charge in [0.05, 0.1) is 11.4 Å². The van der Waals surface area contributed by atoms with E-state index in [1.165, 1.54) is 0 Å². The Bertz CT molecular complexity index is 462. The van der Waals surface area contributed by atoms with Crippen molar-refractivity contribution in [2.45, 2.75) is 25.8 Å². The average molecular weight is 231 g/mol. The Hall–Kier alpha value is -1.28. The van der Waals surface area contributed by atoms with E-state index in [9.17, 15) is 8.42 Å². The third-order valence-electron chi connectivity index (χ3n) is 2.12. The average Bonchev–Trinajstić information content (AvgIpc) is 2.88. The van der Waals surface area contributed by atoms with Crippen molar-refractivity contribution < 1.29 is 8.42 Å². The van der Waals surface area contributed by atoms with Crippen LogP contribution in [0.4, 0.5) is 11.5 Å². The molecule has 1 aliphatic carbocycles. The molecule has 8 heteroatoms. The Morgan fingerprint density at radius 1 is 1.53 bits per heavy atom. The number of aryl methyl sites for hydroxylation is 1. The van der Waals surface area contributed by atoms with E-state index in [-0.39, 0.29) is 11.9 Å². The molecule has 2 rings (SSSR count). The topological polar surface area (TPSA) is 113 Å². The number of aromatic amines is 1. The number of nitrogens with two attached hydrogens (primary N) is 1. The minimum atomic E-state index is -3.54. The van der Waals surface area contributed by atoms with Gasteiger partial charge in [0.1, 0.15) is 0 Å². The standard InChI is InChI=1S/C7H13N5O2S/c1-4-6(8)7(10-9-4)12-15(13,14)11-5-2-3-5/h5,11H,2-3,8H2,1H3,(H2,9,10,12). The fourth-order valence-corrected chi connectivity index (χ4v) is 2.24. The first kappa shape index (κ1) is 10.2. The van der Waals surface area contributed by atoms with Crippen molar-refractivity contribution in [2.24, 2.45) is 0 Å². The van der Waals surface area contributed by atoms with Crippen LogP contribution in [0, 0.1) is 6.92 Å². The lowest BCUT2D eigenvalue weighted by Crippen LogP contribution is -2.32. The minimum absolute atomic E-state index is 0.0590. The highest BCUT2D eigenvalue weighted by molar-refractivity contribution is 7.90. The third kappa shape index (κ3) is 2.39. The van der Waals surface area contributed by atoms with Crippen LogP contribution in [0.25, 0.3) is 0 Å². The van der Waals surface area contributed by atoms with Crippen molar-refractivity contribution in [1.29, 1.82) is 0 Å². The van der Waals surface area contributed by atoms with Gasteiger partial charge in [0, 0.05) is 6.04 Å². The molecule has 15 heavy (non-hydrogen) atoms. The van der Waals surface area contributed by atoms with Crippen molar-refractivity contribution in [3.63, 3.8) is 0 Å². The highest BCUT2D eigenvalue weighted by Crippen LogP contribution is 2.22. The van der Waals surface area contributed by atoms with E-state index in [1.54, 1.807) is 6.92 Å². The van der Waals surface area contributed by atoms with Gasteiger partial charge in [-0.1, -0.05) is 0 Å². The molecule has 1 aromatic rings. The second-order valence-electron chi connectivity index (χ2n) is 3.61. The highest BCUT2D eigenvalue weighted by atomic mass is 32.2. The Labute approximate surface area is 87.6 Å². The fourth-order valence-electron chi connectivity index (χ4n) is 1.09. The van der Waals surface area contributed by atoms with Crippen LogP contribution in [0.5, 0.6) is 0 Å². The molecule has 0 saturated heterocycles. The summed E-state index contributed by atoms with van der Waals surface area (Å²) in [7, 11) is -3.54. The Morgan fingerprint density at radius 3 is 2.67 bits per heavy atom. The maximum Gasteiger partial charge on any atom is 0.300 e. The summed E-state index contributed by atoms with van der Waals surface area (Å²) in [5.41, 5.74) is 6.56. The van der Waals surface area contributed by atoms with Crippen LogP contribution in [0.15, 0.2) is 0 Å². The maximum atomic E-state index is 11.5. The van der Waals surface area contributed by atoms with Gasteiger partial charge >= 0.3 is 10.2 Å². The number of anilines is 2. The van der Waals surface area contributed by atoms with Crippen molar-refractivity contribution in [2.75, 3.05) is 10.5 Å². The molecule has 5 N–H and O–H groups in total. The first-order chi connectivity index (χ1) is 6.98. The molecule has 0 unspecified atom stereocenters. The van der Waals surface area contributed by atoms with E-state index in [1.807, 2.05) is 0 Å². The lowest BCUT2D eigenvalue weighted by molar-refractivity contribution is 0.586. The number of rotatable bonds is 4. The maximum absolute atomic E-state index is 11.5. The molecule has 0 radical (unpaired) electrons. The number of nitrogens with one attached hydrogen (secondary N) is 3. The summed E-state index contributed by atoms with van der Waals surface area (Å²) in [5, 5.41) is 6.35. The molecular weight excluding hydrogens is 218 g/mol. The summed E-state index contributed by atoms with van der Waals surface area (Å²) in [6, 6.07) is 0.0590. The van der Waals surface area contributed by atoms with E-state index in [4.69, 9.17) is 5.73 Å². The molecule has 7 nitrogen and oxygen atoms in total. The van der Waals surface area contributed by atoms with Crippen molar-refractivity contribution in [1.82, 2.24) is 14.9 Å². The third-order valence-corrected chi connectivity index (χ3v) is 3.23. The zero-order valence-electron chi connectivity index (χ0n) is 8.24. The number of aromatic nitrogens is 2. The van der Waals surface area contributed by atoms with Crippen LogP contribution in [-0.2, 0) is 10.2 Å². The van der Waals surface area contributed by atoms with Gasteiger partial charge in [0.25, 0.3) is 0 Å². The molecule has 0 aromatic carbocycles. The molecule has 1 fully saturated rings. The monoisotopic (exact) mass is 231 g/mol. The number of nitrogen functional groups attached to an aromatic ring is 1. The molecule has 1 saturated carbocycles. The van der Waals surface area contributed by atoms with Gasteiger partial charge in [-0.05, 0) is 19.8 Å². The Balaban J connectivity index is 2.10. The Kier molecular flexibility index (Phi) is 2.31. The molecule has 0 atom stereocenters.